The summed E-state index contributed by atoms with van der Waals surface area (Å²) in [6, 6.07) is 48.7. The highest BCUT2D eigenvalue weighted by Crippen LogP contribution is 2.58. The van der Waals surface area contributed by atoms with Crippen LogP contribution in [0.3, 0.4) is 0 Å². The van der Waals surface area contributed by atoms with Gasteiger partial charge in [-0.3, -0.25) is 0 Å². The summed E-state index contributed by atoms with van der Waals surface area (Å²) in [5.74, 6) is -1.24. The second-order valence-electron chi connectivity index (χ2n) is 8.74. The van der Waals surface area contributed by atoms with E-state index in [1.165, 1.54) is 27.5 Å². The van der Waals surface area contributed by atoms with Crippen molar-refractivity contribution in [1.82, 2.24) is 15.4 Å². The number of aromatic nitrogens is 3. The fourth-order valence-electron chi connectivity index (χ4n) is 4.66. The highest BCUT2D eigenvalue weighted by molar-refractivity contribution is 7.95. The van der Waals surface area contributed by atoms with Crippen LogP contribution in [0.4, 0.5) is 0 Å². The van der Waals surface area contributed by atoms with E-state index in [2.05, 4.69) is 137 Å². The Kier molecular flexibility index (Phi) is 7.67. The van der Waals surface area contributed by atoms with Gasteiger partial charge in [0.1, 0.15) is 34.2 Å². The summed E-state index contributed by atoms with van der Waals surface area (Å²) in [4.78, 5) is 10.5. The van der Waals surface area contributed by atoms with Gasteiger partial charge in [0.05, 0.1) is 12.1 Å². The SMILES string of the molecule is O=C([O-])c1cccc2n[nH]nc12.c1ccc(C[P+](c2ccccc2)(c2ccccc2)c2ccccc2)cc1. The summed E-state index contributed by atoms with van der Waals surface area (Å²) in [7, 11) is -1.78. The van der Waals surface area contributed by atoms with Crippen LogP contribution in [0.25, 0.3) is 11.0 Å². The topological polar surface area (TPSA) is 81.7 Å². The van der Waals surface area contributed by atoms with Crippen molar-refractivity contribution in [3.05, 3.63) is 151 Å². The average molecular weight is 516 g/mol. The van der Waals surface area contributed by atoms with Crippen LogP contribution in [-0.4, -0.2) is 21.4 Å². The third-order valence-electron chi connectivity index (χ3n) is 6.42. The lowest BCUT2D eigenvalue weighted by Crippen LogP contribution is -2.32. The van der Waals surface area contributed by atoms with Crippen molar-refractivity contribution in [1.29, 1.82) is 0 Å². The number of H-pyrrole nitrogens is 1. The quantitative estimate of drug-likeness (QED) is 0.331. The Morgan fingerprint density at radius 1 is 0.605 bits per heavy atom. The molecule has 6 heteroatoms. The molecule has 0 aliphatic heterocycles. The second kappa shape index (κ2) is 11.6. The molecule has 0 bridgehead atoms. The van der Waals surface area contributed by atoms with E-state index in [1.807, 2.05) is 0 Å². The monoisotopic (exact) mass is 515 g/mol. The number of aromatic amines is 1. The number of benzene rings is 5. The van der Waals surface area contributed by atoms with Crippen LogP contribution in [0, 0.1) is 0 Å². The molecule has 0 saturated carbocycles. The highest BCUT2D eigenvalue weighted by atomic mass is 31.2. The van der Waals surface area contributed by atoms with Crippen molar-refractivity contribution >= 4 is 40.2 Å². The summed E-state index contributed by atoms with van der Waals surface area (Å²) < 4.78 is 0. The first-order chi connectivity index (χ1) is 18.7. The summed E-state index contributed by atoms with van der Waals surface area (Å²) in [6.07, 6.45) is 1.03. The Morgan fingerprint density at radius 3 is 1.55 bits per heavy atom. The van der Waals surface area contributed by atoms with Gasteiger partial charge in [-0.2, -0.15) is 15.4 Å². The molecule has 38 heavy (non-hydrogen) atoms. The van der Waals surface area contributed by atoms with Crippen molar-refractivity contribution in [2.75, 3.05) is 0 Å². The van der Waals surface area contributed by atoms with Gasteiger partial charge < -0.3 is 9.90 Å². The number of carbonyl (C=O) groups excluding carboxylic acids is 1. The molecule has 1 N–H and O–H groups in total. The van der Waals surface area contributed by atoms with Crippen LogP contribution in [-0.2, 0) is 6.16 Å². The van der Waals surface area contributed by atoms with Gasteiger partial charge >= 0.3 is 0 Å². The number of aromatic carboxylic acids is 1. The number of nitrogens with zero attached hydrogens (tertiary/aromatic N) is 2. The van der Waals surface area contributed by atoms with E-state index >= 15 is 0 Å². The van der Waals surface area contributed by atoms with Crippen LogP contribution < -0.4 is 21.0 Å². The maximum Gasteiger partial charge on any atom is 0.122 e. The van der Waals surface area contributed by atoms with E-state index in [-0.39, 0.29) is 5.56 Å². The van der Waals surface area contributed by atoms with E-state index in [9.17, 15) is 9.90 Å². The van der Waals surface area contributed by atoms with Gasteiger partial charge in [-0.15, -0.1) is 0 Å². The molecule has 0 fully saturated rings. The lowest BCUT2D eigenvalue weighted by molar-refractivity contribution is -0.254. The zero-order valence-corrected chi connectivity index (χ0v) is 21.5. The molecule has 6 aromatic rings. The van der Waals surface area contributed by atoms with Gasteiger partial charge in [-0.1, -0.05) is 97.1 Å². The largest absolute Gasteiger partial charge is 0.545 e. The molecule has 0 radical (unpaired) electrons. The molecule has 1 heterocycles. The molecule has 0 unspecified atom stereocenters. The van der Waals surface area contributed by atoms with E-state index in [4.69, 9.17) is 0 Å². The fourth-order valence-corrected chi connectivity index (χ4v) is 8.90. The highest BCUT2D eigenvalue weighted by Gasteiger charge is 2.45. The minimum absolute atomic E-state index is 0.0567. The van der Waals surface area contributed by atoms with Crippen molar-refractivity contribution in [2.45, 2.75) is 6.16 Å². The van der Waals surface area contributed by atoms with Crippen LogP contribution in [0.2, 0.25) is 0 Å². The fraction of sp³-hybridized carbons (Fsp3) is 0.0312. The number of carbonyl (C=O) groups is 1. The molecule has 5 aromatic carbocycles. The lowest BCUT2D eigenvalue weighted by Gasteiger charge is -2.27. The van der Waals surface area contributed by atoms with E-state index in [0.29, 0.717) is 11.0 Å². The van der Waals surface area contributed by atoms with Crippen molar-refractivity contribution < 1.29 is 9.90 Å². The third kappa shape index (κ3) is 5.24. The summed E-state index contributed by atoms with van der Waals surface area (Å²) >= 11 is 0. The second-order valence-corrected chi connectivity index (χ2v) is 12.2. The minimum atomic E-state index is -1.78. The van der Waals surface area contributed by atoms with Gasteiger partial charge in [0.2, 0.25) is 0 Å². The molecule has 0 saturated heterocycles. The number of rotatable bonds is 6. The summed E-state index contributed by atoms with van der Waals surface area (Å²) in [5, 5.41) is 24.6. The molecule has 0 aliphatic rings. The van der Waals surface area contributed by atoms with Crippen LogP contribution >= 0.6 is 7.26 Å². The Bertz CT molecular complexity index is 1510. The molecule has 0 atom stereocenters. The molecule has 0 amide bonds. The first-order valence-electron chi connectivity index (χ1n) is 12.3. The molecular weight excluding hydrogens is 489 g/mol. The Hall–Kier alpha value is -4.60. The van der Waals surface area contributed by atoms with E-state index in [0.717, 1.165) is 6.16 Å². The minimum Gasteiger partial charge on any atom is -0.545 e. The van der Waals surface area contributed by atoms with Crippen molar-refractivity contribution in [3.63, 3.8) is 0 Å². The molecule has 186 valence electrons. The maximum absolute atomic E-state index is 10.5. The van der Waals surface area contributed by atoms with Gasteiger partial charge in [-0.05, 0) is 48.0 Å². The number of carboxylic acid groups (broad SMARTS) is 1. The predicted octanol–water partition coefficient (Wildman–Crippen LogP) is 4.50. The maximum atomic E-state index is 10.5. The Morgan fingerprint density at radius 2 is 1.08 bits per heavy atom. The molecule has 5 nitrogen and oxygen atoms in total. The zero-order chi connectivity index (χ0) is 26.2. The third-order valence-corrected chi connectivity index (χ3v) is 10.8. The van der Waals surface area contributed by atoms with E-state index < -0.39 is 13.2 Å². The van der Waals surface area contributed by atoms with Gasteiger partial charge in [0.25, 0.3) is 0 Å². The Balaban J connectivity index is 0.000000204. The molecular formula is C32H26N3O2P. The molecule has 6 rings (SSSR count). The molecule has 0 aliphatic carbocycles. The number of hydrogen-bond donors (Lipinski definition) is 1. The first-order valence-corrected chi connectivity index (χ1v) is 14.3. The van der Waals surface area contributed by atoms with Gasteiger partial charge in [-0.25, -0.2) is 0 Å². The Labute approximate surface area is 222 Å². The smallest absolute Gasteiger partial charge is 0.122 e. The lowest BCUT2D eigenvalue weighted by atomic mass is 10.2. The van der Waals surface area contributed by atoms with Crippen LogP contribution in [0.1, 0.15) is 15.9 Å². The number of carboxylic acids is 1. The molecule has 0 spiro atoms. The standard InChI is InChI=1S/C25H22P.C7H5N3O2/c1-5-13-22(14-6-1)21-26(23-15-7-2-8-16-23,24-17-9-3-10-18-24)25-19-11-4-12-20-25;11-7(12)4-2-1-3-5-6(4)9-10-8-5/h1-20H,21H2;1-3H,(H,11,12)(H,8,9,10)/q+1;/p-1. The first kappa shape index (κ1) is 25.1. The van der Waals surface area contributed by atoms with Crippen LogP contribution in [0.15, 0.2) is 140 Å². The van der Waals surface area contributed by atoms with Gasteiger partial charge in [0.15, 0.2) is 0 Å². The number of nitrogens with one attached hydrogen (secondary N) is 1. The van der Waals surface area contributed by atoms with Crippen LogP contribution in [0.5, 0.6) is 0 Å². The van der Waals surface area contributed by atoms with E-state index in [1.54, 1.807) is 12.1 Å². The number of fused-ring (bicyclic) bond motifs is 1. The summed E-state index contributed by atoms with van der Waals surface area (Å²) in [6.45, 7) is 0. The average Bonchev–Trinajstić information content (AvgIpc) is 3.47. The molecule has 1 aromatic heterocycles. The predicted molar refractivity (Wildman–Crippen MR) is 154 cm³/mol. The zero-order valence-electron chi connectivity index (χ0n) is 20.6. The van der Waals surface area contributed by atoms with Crippen molar-refractivity contribution in [2.24, 2.45) is 0 Å². The number of para-hydroxylation sites is 1. The van der Waals surface area contributed by atoms with Gasteiger partial charge in [0, 0.05) is 5.56 Å². The number of hydrogen-bond acceptors (Lipinski definition) is 4. The van der Waals surface area contributed by atoms with Crippen molar-refractivity contribution in [3.8, 4) is 0 Å². The normalized spacial score (nSPS) is 10.9. The summed E-state index contributed by atoms with van der Waals surface area (Å²) in [5.41, 5.74) is 2.30.